The third-order valence-electron chi connectivity index (χ3n) is 0.707. The second-order valence-electron chi connectivity index (χ2n) is 1.64. The van der Waals surface area contributed by atoms with Crippen LogP contribution in [-0.2, 0) is 4.57 Å². The Morgan fingerprint density at radius 3 is 1.89 bits per heavy atom. The molecule has 0 saturated carbocycles. The van der Waals surface area contributed by atoms with Gasteiger partial charge in [0.15, 0.2) is 0 Å². The minimum Gasteiger partial charge on any atom is -0.326 e. The van der Waals surface area contributed by atoms with Gasteiger partial charge in [0.25, 0.3) is 0 Å². The van der Waals surface area contributed by atoms with Crippen LogP contribution >= 0.6 is 8.25 Å². The normalized spacial score (nSPS) is 7.67. The average molecular weight is 164 g/mol. The van der Waals surface area contributed by atoms with Gasteiger partial charge in [0.05, 0.1) is 0 Å². The van der Waals surface area contributed by atoms with Crippen LogP contribution in [0.15, 0.2) is 0 Å². The fraction of sp³-hybridized carbons (Fsp3) is 1.00. The molecule has 0 saturated heterocycles. The van der Waals surface area contributed by atoms with Crippen molar-refractivity contribution in [2.24, 2.45) is 0 Å². The van der Waals surface area contributed by atoms with Crippen molar-refractivity contribution < 1.29 is 14.4 Å². The molecule has 54 valence electrons. The van der Waals surface area contributed by atoms with Gasteiger partial charge in [-0.05, 0) is 0 Å². The third kappa shape index (κ3) is 50.2. The summed E-state index contributed by atoms with van der Waals surface area (Å²) in [6, 6.07) is 0. The summed E-state index contributed by atoms with van der Waals surface area (Å²) in [4.78, 5) is 14.3. The number of hydrogen-bond acceptors (Lipinski definition) is 1. The SMILES string of the molecule is CC[CH2][Mg][CH3].O=[PH](O)O. The van der Waals surface area contributed by atoms with Crippen LogP contribution < -0.4 is 0 Å². The summed E-state index contributed by atoms with van der Waals surface area (Å²) < 4.78 is 10.3. The first kappa shape index (κ1) is 12.6. The van der Waals surface area contributed by atoms with Gasteiger partial charge in [-0.1, -0.05) is 13.3 Å². The van der Waals surface area contributed by atoms with E-state index in [0.29, 0.717) is 20.4 Å². The molecule has 2 N–H and O–H groups in total. The highest BCUT2D eigenvalue weighted by Gasteiger charge is 1.76. The van der Waals surface area contributed by atoms with Gasteiger partial charge in [-0.3, -0.25) is 4.57 Å². The Hall–Kier alpha value is 0.916. The molecule has 0 aromatic heterocycles. The van der Waals surface area contributed by atoms with Crippen molar-refractivity contribution in [3.8, 4) is 0 Å². The van der Waals surface area contributed by atoms with E-state index in [2.05, 4.69) is 12.0 Å². The van der Waals surface area contributed by atoms with Crippen LogP contribution in [0.1, 0.15) is 13.3 Å². The highest BCUT2D eigenvalue weighted by molar-refractivity contribution is 7.30. The van der Waals surface area contributed by atoms with Crippen LogP contribution in [0.2, 0.25) is 9.60 Å². The molecule has 0 radical (unpaired) electrons. The summed E-state index contributed by atoms with van der Waals surface area (Å²) in [6.45, 7) is 2.25. The van der Waals surface area contributed by atoms with E-state index >= 15 is 0 Å². The molecule has 3 nitrogen and oxygen atoms in total. The minimum absolute atomic E-state index is 0.414. The Kier molecular flexibility index (Phi) is 16.3. The van der Waals surface area contributed by atoms with E-state index in [1.807, 2.05) is 0 Å². The van der Waals surface area contributed by atoms with Crippen LogP contribution in [0.25, 0.3) is 0 Å². The molecule has 0 atom stereocenters. The Morgan fingerprint density at radius 2 is 1.89 bits per heavy atom. The maximum absolute atomic E-state index is 8.74. The molecule has 0 fully saturated rings. The van der Waals surface area contributed by atoms with Crippen molar-refractivity contribution in [2.75, 3.05) is 0 Å². The van der Waals surface area contributed by atoms with E-state index in [9.17, 15) is 0 Å². The molecule has 9 heavy (non-hydrogen) atoms. The summed E-state index contributed by atoms with van der Waals surface area (Å²) in [5.74, 6) is 0. The Bertz CT molecular complexity index is 62.8. The zero-order valence-corrected chi connectivity index (χ0v) is 8.34. The van der Waals surface area contributed by atoms with Gasteiger partial charge in [-0.25, -0.2) is 0 Å². The Morgan fingerprint density at radius 1 is 1.56 bits per heavy atom. The van der Waals surface area contributed by atoms with E-state index in [-0.39, 0.29) is 0 Å². The molecule has 0 rings (SSSR count). The van der Waals surface area contributed by atoms with E-state index in [0.717, 1.165) is 0 Å². The van der Waals surface area contributed by atoms with E-state index in [4.69, 9.17) is 14.4 Å². The van der Waals surface area contributed by atoms with Crippen molar-refractivity contribution in [1.82, 2.24) is 0 Å². The maximum Gasteiger partial charge on any atom is 0.360 e. The van der Waals surface area contributed by atoms with E-state index in [1.54, 1.807) is 0 Å². The van der Waals surface area contributed by atoms with Crippen molar-refractivity contribution in [3.05, 3.63) is 0 Å². The zero-order valence-electron chi connectivity index (χ0n) is 5.92. The largest absolute Gasteiger partial charge is 0.360 e. The van der Waals surface area contributed by atoms with Crippen LogP contribution in [0.4, 0.5) is 0 Å². The fourth-order valence-corrected chi connectivity index (χ4v) is 1.06. The summed E-state index contributed by atoms with van der Waals surface area (Å²) in [5.41, 5.74) is 0. The first-order chi connectivity index (χ1) is 4.15. The van der Waals surface area contributed by atoms with Crippen molar-refractivity contribution in [1.29, 1.82) is 0 Å². The lowest BCUT2D eigenvalue weighted by atomic mass is 10.6. The second kappa shape index (κ2) is 11.7. The molecular formula is C4H13MgO3P. The predicted molar refractivity (Wildman–Crippen MR) is 40.2 cm³/mol. The smallest absolute Gasteiger partial charge is 0.326 e. The minimum atomic E-state index is -3.13. The lowest BCUT2D eigenvalue weighted by Crippen LogP contribution is -1.73. The molecule has 0 aromatic rings. The summed E-state index contributed by atoms with van der Waals surface area (Å²) in [7, 11) is -3.13. The molecule has 0 amide bonds. The van der Waals surface area contributed by atoms with E-state index in [1.165, 1.54) is 11.0 Å². The van der Waals surface area contributed by atoms with Gasteiger partial charge in [0.1, 0.15) is 0 Å². The summed E-state index contributed by atoms with van der Waals surface area (Å²) in [6.07, 6.45) is 1.41. The van der Waals surface area contributed by atoms with Gasteiger partial charge in [0, 0.05) is 0 Å². The Balaban J connectivity index is 0. The molecule has 0 unspecified atom stereocenters. The average Bonchev–Trinajstić information content (AvgIpc) is 1.66. The topological polar surface area (TPSA) is 57.5 Å². The number of rotatable bonds is 2. The van der Waals surface area contributed by atoms with Crippen LogP contribution in [0.5, 0.6) is 0 Å². The summed E-state index contributed by atoms with van der Waals surface area (Å²) in [5, 5.41) is 2.35. The van der Waals surface area contributed by atoms with Gasteiger partial charge in [-0.15, -0.1) is 4.55 Å². The first-order valence-electron chi connectivity index (χ1n) is 3.07. The van der Waals surface area contributed by atoms with Gasteiger partial charge in [0.2, 0.25) is 0 Å². The van der Waals surface area contributed by atoms with Crippen LogP contribution in [0.3, 0.4) is 0 Å². The number of hydrogen-bond donors (Lipinski definition) is 2. The lowest BCUT2D eigenvalue weighted by molar-refractivity contribution is 0.405. The van der Waals surface area contributed by atoms with E-state index < -0.39 is 8.25 Å². The molecular weight excluding hydrogens is 151 g/mol. The third-order valence-corrected chi connectivity index (χ3v) is 2.12. The second-order valence-corrected chi connectivity index (χ2v) is 3.91. The molecule has 0 spiro atoms. The standard InChI is InChI=1S/C3H7.CH3.Mg.H3O3P/c1-3-2;;;1-4(2)3/h1,3H2,2H3;1H3;;4H,(H2,1,2,3). The van der Waals surface area contributed by atoms with Gasteiger partial charge >= 0.3 is 28.6 Å². The Labute approximate surface area is 66.1 Å². The predicted octanol–water partition coefficient (Wildman–Crippen LogP) is 0.928. The van der Waals surface area contributed by atoms with Gasteiger partial charge < -0.3 is 9.79 Å². The maximum atomic E-state index is 8.74. The van der Waals surface area contributed by atoms with Gasteiger partial charge in [-0.2, -0.15) is 5.05 Å². The highest BCUT2D eigenvalue weighted by Crippen LogP contribution is 1.98. The molecule has 5 heteroatoms. The van der Waals surface area contributed by atoms with Crippen LogP contribution in [0, 0.1) is 0 Å². The molecule has 0 aliphatic carbocycles. The van der Waals surface area contributed by atoms with Crippen molar-refractivity contribution >= 4 is 28.6 Å². The summed E-state index contributed by atoms with van der Waals surface area (Å²) >= 11 is 0.414. The highest BCUT2D eigenvalue weighted by atomic mass is 31.1. The quantitative estimate of drug-likeness (QED) is 0.471. The van der Waals surface area contributed by atoms with Crippen molar-refractivity contribution in [2.45, 2.75) is 22.9 Å². The monoisotopic (exact) mass is 164 g/mol. The van der Waals surface area contributed by atoms with Crippen molar-refractivity contribution in [3.63, 3.8) is 0 Å². The molecule has 0 aliphatic rings. The zero-order chi connectivity index (χ0) is 7.70. The molecule has 0 bridgehead atoms. The molecule has 0 heterocycles. The fourth-order valence-electron chi connectivity index (χ4n) is 0.354. The lowest BCUT2D eigenvalue weighted by Gasteiger charge is -1.75. The van der Waals surface area contributed by atoms with Crippen LogP contribution in [-0.4, -0.2) is 30.2 Å². The molecule has 0 aliphatic heterocycles. The molecule has 0 aromatic carbocycles. The first-order valence-corrected chi connectivity index (χ1v) is 6.78.